The Hall–Kier alpha value is -0.320. The Morgan fingerprint density at radius 1 is 1.60 bits per heavy atom. The Kier molecular flexibility index (Phi) is 4.34. The first-order chi connectivity index (χ1) is 4.62. The van der Waals surface area contributed by atoms with Crippen molar-refractivity contribution < 1.29 is 12.6 Å². The predicted octanol–water partition coefficient (Wildman–Crippen LogP) is 1.23. The van der Waals surface area contributed by atoms with Crippen LogP contribution in [-0.2, 0) is 14.3 Å². The fraction of sp³-hybridized carbons (Fsp3) is 0.200. The predicted molar refractivity (Wildman–Crippen MR) is 40.1 cm³/mol. The molecule has 0 bridgehead atoms. The Bertz CT molecular complexity index is 217. The van der Waals surface area contributed by atoms with E-state index in [1.165, 1.54) is 6.08 Å². The second-order valence-corrected chi connectivity index (χ2v) is 3.07. The van der Waals surface area contributed by atoms with Gasteiger partial charge in [0, 0.05) is 5.54 Å². The highest BCUT2D eigenvalue weighted by Crippen LogP contribution is 1.95. The third kappa shape index (κ3) is 4.55. The minimum absolute atomic E-state index is 0.0381. The van der Waals surface area contributed by atoms with Crippen LogP contribution in [0.1, 0.15) is 0 Å². The molecule has 0 atom stereocenters. The van der Waals surface area contributed by atoms with E-state index in [0.717, 1.165) is 10.9 Å². The first-order valence-electron chi connectivity index (χ1n) is 2.39. The number of rotatable bonds is 4. The summed E-state index contributed by atoms with van der Waals surface area (Å²) in [6, 6.07) is 0. The average molecular weight is 183 g/mol. The molecule has 0 unspecified atom stereocenters. The molecule has 0 aromatic heterocycles. The zero-order valence-corrected chi connectivity index (χ0v) is 6.73. The third-order valence-corrected chi connectivity index (χ3v) is 1.78. The normalized spacial score (nSPS) is 12.1. The van der Waals surface area contributed by atoms with Gasteiger partial charge in [0.15, 0.2) is 0 Å². The largest absolute Gasteiger partial charge is 0.291 e. The van der Waals surface area contributed by atoms with E-state index in [1.807, 2.05) is 0 Å². The molecule has 0 aliphatic heterocycles. The maximum atomic E-state index is 10.5. The van der Waals surface area contributed by atoms with Crippen LogP contribution < -0.4 is 0 Å². The van der Waals surface area contributed by atoms with Gasteiger partial charge in [-0.05, 0) is 0 Å². The van der Waals surface area contributed by atoms with Gasteiger partial charge in [-0.3, -0.25) is 4.18 Å². The standard InChI is InChI=1S/C5H7ClO3S/c1-2-4-9-10(7,8)5-3-6/h2-3,5H,1,4H2. The van der Waals surface area contributed by atoms with Gasteiger partial charge in [-0.25, -0.2) is 0 Å². The van der Waals surface area contributed by atoms with Crippen molar-refractivity contribution in [3.05, 3.63) is 23.6 Å². The molecule has 0 amide bonds. The van der Waals surface area contributed by atoms with Crippen LogP contribution in [0, 0.1) is 0 Å². The van der Waals surface area contributed by atoms with E-state index >= 15 is 0 Å². The van der Waals surface area contributed by atoms with Gasteiger partial charge in [0.25, 0.3) is 10.1 Å². The minimum Gasteiger partial charge on any atom is -0.263 e. The summed E-state index contributed by atoms with van der Waals surface area (Å²) in [5.74, 6) is 0. The molecule has 58 valence electrons. The monoisotopic (exact) mass is 182 g/mol. The quantitative estimate of drug-likeness (QED) is 0.485. The molecule has 0 aromatic rings. The van der Waals surface area contributed by atoms with Gasteiger partial charge in [-0.2, -0.15) is 8.42 Å². The molecular formula is C5H7ClO3S. The van der Waals surface area contributed by atoms with Crippen molar-refractivity contribution in [3.8, 4) is 0 Å². The van der Waals surface area contributed by atoms with Crippen molar-refractivity contribution in [2.45, 2.75) is 0 Å². The summed E-state index contributed by atoms with van der Waals surface area (Å²) in [5.41, 5.74) is 0.873. The first kappa shape index (κ1) is 9.68. The molecule has 0 aliphatic rings. The highest BCUT2D eigenvalue weighted by atomic mass is 35.5. The topological polar surface area (TPSA) is 43.4 Å². The molecule has 5 heteroatoms. The molecule has 0 fully saturated rings. The lowest BCUT2D eigenvalue weighted by Crippen LogP contribution is -2.00. The summed E-state index contributed by atoms with van der Waals surface area (Å²) in [6.45, 7) is 3.24. The maximum Gasteiger partial charge on any atom is 0.291 e. The molecular weight excluding hydrogens is 176 g/mol. The van der Waals surface area contributed by atoms with E-state index in [2.05, 4.69) is 10.8 Å². The van der Waals surface area contributed by atoms with Crippen LogP contribution in [0.3, 0.4) is 0 Å². The molecule has 0 rings (SSSR count). The number of hydrogen-bond donors (Lipinski definition) is 0. The van der Waals surface area contributed by atoms with Gasteiger partial charge in [0.05, 0.1) is 12.0 Å². The van der Waals surface area contributed by atoms with Crippen LogP contribution in [0.15, 0.2) is 23.6 Å². The summed E-state index contributed by atoms with van der Waals surface area (Å²) in [4.78, 5) is 0. The molecule has 0 saturated carbocycles. The van der Waals surface area contributed by atoms with E-state index in [9.17, 15) is 8.42 Å². The van der Waals surface area contributed by atoms with E-state index in [0.29, 0.717) is 0 Å². The van der Waals surface area contributed by atoms with E-state index in [4.69, 9.17) is 11.6 Å². The van der Waals surface area contributed by atoms with Crippen LogP contribution in [-0.4, -0.2) is 15.0 Å². The van der Waals surface area contributed by atoms with Crippen molar-refractivity contribution in [2.24, 2.45) is 0 Å². The van der Waals surface area contributed by atoms with E-state index < -0.39 is 10.1 Å². The lowest BCUT2D eigenvalue weighted by molar-refractivity contribution is 0.364. The molecule has 0 radical (unpaired) electrons. The number of halogens is 1. The fourth-order valence-electron chi connectivity index (χ4n) is 0.245. The maximum absolute atomic E-state index is 10.5. The lowest BCUT2D eigenvalue weighted by Gasteiger charge is -1.93. The minimum atomic E-state index is -3.58. The molecule has 0 saturated heterocycles. The van der Waals surface area contributed by atoms with Crippen molar-refractivity contribution in [1.82, 2.24) is 0 Å². The smallest absolute Gasteiger partial charge is 0.263 e. The first-order valence-corrected chi connectivity index (χ1v) is 4.30. The van der Waals surface area contributed by atoms with Crippen LogP contribution >= 0.6 is 11.6 Å². The Balaban J connectivity index is 4.01. The highest BCUT2D eigenvalue weighted by Gasteiger charge is 2.01. The molecule has 0 aromatic carbocycles. The summed E-state index contributed by atoms with van der Waals surface area (Å²) >= 11 is 5.00. The van der Waals surface area contributed by atoms with Crippen LogP contribution in [0.2, 0.25) is 0 Å². The molecule has 0 aliphatic carbocycles. The van der Waals surface area contributed by atoms with Gasteiger partial charge in [0.1, 0.15) is 0 Å². The lowest BCUT2D eigenvalue weighted by atomic mass is 10.7. The summed E-state index contributed by atoms with van der Waals surface area (Å²) in [6.07, 6.45) is 1.33. The Morgan fingerprint density at radius 2 is 2.20 bits per heavy atom. The van der Waals surface area contributed by atoms with Crippen LogP contribution in [0.25, 0.3) is 0 Å². The van der Waals surface area contributed by atoms with Crippen molar-refractivity contribution in [2.75, 3.05) is 6.61 Å². The zero-order valence-electron chi connectivity index (χ0n) is 5.16. The van der Waals surface area contributed by atoms with Gasteiger partial charge in [-0.1, -0.05) is 17.7 Å². The van der Waals surface area contributed by atoms with Crippen molar-refractivity contribution in [3.63, 3.8) is 0 Å². The molecule has 0 spiro atoms. The average Bonchev–Trinajstić information content (AvgIpc) is 1.84. The molecule has 0 N–H and O–H groups in total. The van der Waals surface area contributed by atoms with Gasteiger partial charge < -0.3 is 0 Å². The van der Waals surface area contributed by atoms with Crippen LogP contribution in [0.4, 0.5) is 0 Å². The van der Waals surface area contributed by atoms with Crippen LogP contribution in [0.5, 0.6) is 0 Å². The highest BCUT2D eigenvalue weighted by molar-refractivity contribution is 7.89. The van der Waals surface area contributed by atoms with E-state index in [1.54, 1.807) is 0 Å². The van der Waals surface area contributed by atoms with E-state index in [-0.39, 0.29) is 6.61 Å². The summed E-state index contributed by atoms with van der Waals surface area (Å²) < 4.78 is 25.4. The van der Waals surface area contributed by atoms with Gasteiger partial charge in [0.2, 0.25) is 0 Å². The fourth-order valence-corrected chi connectivity index (χ4v) is 1.11. The zero-order chi connectivity index (χ0) is 8.04. The van der Waals surface area contributed by atoms with Crippen molar-refractivity contribution in [1.29, 1.82) is 0 Å². The van der Waals surface area contributed by atoms with Gasteiger partial charge in [-0.15, -0.1) is 6.58 Å². The molecule has 3 nitrogen and oxygen atoms in total. The molecule has 0 heterocycles. The Labute approximate surface area is 65.1 Å². The third-order valence-electron chi connectivity index (χ3n) is 0.568. The second-order valence-electron chi connectivity index (χ2n) is 1.33. The number of hydrogen-bond acceptors (Lipinski definition) is 3. The van der Waals surface area contributed by atoms with Gasteiger partial charge >= 0.3 is 0 Å². The summed E-state index contributed by atoms with van der Waals surface area (Å²) in [7, 11) is -3.58. The Morgan fingerprint density at radius 3 is 2.60 bits per heavy atom. The summed E-state index contributed by atoms with van der Waals surface area (Å²) in [5, 5.41) is 0.762. The second kappa shape index (κ2) is 4.49. The SMILES string of the molecule is C=CCOS(=O)(=O)C=CCl. The van der Waals surface area contributed by atoms with Crippen molar-refractivity contribution >= 4 is 21.7 Å². The molecule has 10 heavy (non-hydrogen) atoms.